The normalized spacial score (nSPS) is 10.7. The van der Waals surface area contributed by atoms with Crippen molar-refractivity contribution in [2.45, 2.75) is 13.8 Å². The maximum atomic E-state index is 4.67. The maximum absolute atomic E-state index is 4.67. The summed E-state index contributed by atoms with van der Waals surface area (Å²) in [6.07, 6.45) is 0. The molecule has 3 rings (SSSR count). The zero-order valence-corrected chi connectivity index (χ0v) is 11.6. The van der Waals surface area contributed by atoms with E-state index < -0.39 is 0 Å². The van der Waals surface area contributed by atoms with Gasteiger partial charge in [0.2, 0.25) is 5.95 Å². The summed E-state index contributed by atoms with van der Waals surface area (Å²) in [5.74, 6) is 0.650. The molecule has 100 valence electrons. The van der Waals surface area contributed by atoms with Gasteiger partial charge >= 0.3 is 0 Å². The lowest BCUT2D eigenvalue weighted by Gasteiger charge is -2.07. The van der Waals surface area contributed by atoms with Crippen LogP contribution in [0.1, 0.15) is 12.6 Å². The second kappa shape index (κ2) is 5.25. The highest BCUT2D eigenvalue weighted by molar-refractivity contribution is 5.81. The molecule has 0 bridgehead atoms. The number of benzene rings is 1. The highest BCUT2D eigenvalue weighted by Gasteiger charge is 2.06. The number of hydrogen-bond acceptors (Lipinski definition) is 4. The molecule has 2 heterocycles. The van der Waals surface area contributed by atoms with Gasteiger partial charge in [0.1, 0.15) is 0 Å². The van der Waals surface area contributed by atoms with Crippen LogP contribution >= 0.6 is 0 Å². The second-order valence-electron chi connectivity index (χ2n) is 4.64. The van der Waals surface area contributed by atoms with E-state index in [2.05, 4.69) is 32.4 Å². The second-order valence-corrected chi connectivity index (χ2v) is 4.64. The summed E-state index contributed by atoms with van der Waals surface area (Å²) in [6.45, 7) is 4.79. The molecular formula is C16H16N4. The van der Waals surface area contributed by atoms with Crippen molar-refractivity contribution >= 4 is 16.9 Å². The number of para-hydroxylation sites is 1. The highest BCUT2D eigenvalue weighted by Crippen LogP contribution is 2.20. The largest absolute Gasteiger partial charge is 0.354 e. The molecule has 0 amide bonds. The van der Waals surface area contributed by atoms with Crippen LogP contribution in [0.5, 0.6) is 0 Å². The third-order valence-corrected chi connectivity index (χ3v) is 3.05. The highest BCUT2D eigenvalue weighted by atomic mass is 15.1. The van der Waals surface area contributed by atoms with Gasteiger partial charge in [-0.1, -0.05) is 24.3 Å². The average Bonchev–Trinajstić information content (AvgIpc) is 2.46. The summed E-state index contributed by atoms with van der Waals surface area (Å²) in [5.41, 5.74) is 3.62. The minimum absolute atomic E-state index is 0.650. The lowest BCUT2D eigenvalue weighted by molar-refractivity contribution is 1.05. The van der Waals surface area contributed by atoms with E-state index in [4.69, 9.17) is 0 Å². The van der Waals surface area contributed by atoms with Crippen LogP contribution in [0.2, 0.25) is 0 Å². The molecule has 0 fully saturated rings. The van der Waals surface area contributed by atoms with Crippen molar-refractivity contribution in [3.8, 4) is 11.4 Å². The Bertz CT molecular complexity index is 752. The molecule has 0 radical (unpaired) electrons. The lowest BCUT2D eigenvalue weighted by Crippen LogP contribution is -2.04. The van der Waals surface area contributed by atoms with Crippen molar-refractivity contribution in [3.05, 3.63) is 48.2 Å². The lowest BCUT2D eigenvalue weighted by atomic mass is 10.1. The van der Waals surface area contributed by atoms with Gasteiger partial charge in [0.15, 0.2) is 0 Å². The van der Waals surface area contributed by atoms with E-state index in [9.17, 15) is 0 Å². The molecule has 4 heteroatoms. The van der Waals surface area contributed by atoms with Crippen molar-refractivity contribution in [1.82, 2.24) is 15.0 Å². The first-order chi connectivity index (χ1) is 9.76. The summed E-state index contributed by atoms with van der Waals surface area (Å²) in [5, 5.41) is 4.28. The summed E-state index contributed by atoms with van der Waals surface area (Å²) in [7, 11) is 0. The van der Waals surface area contributed by atoms with Gasteiger partial charge in [0.25, 0.3) is 0 Å². The molecule has 0 saturated heterocycles. The Morgan fingerprint density at radius 1 is 0.950 bits per heavy atom. The third-order valence-electron chi connectivity index (χ3n) is 3.05. The van der Waals surface area contributed by atoms with Crippen LogP contribution in [0.25, 0.3) is 22.3 Å². The van der Waals surface area contributed by atoms with Crippen LogP contribution in [-0.2, 0) is 0 Å². The molecule has 1 N–H and O–H groups in total. The van der Waals surface area contributed by atoms with E-state index in [-0.39, 0.29) is 0 Å². The minimum atomic E-state index is 0.650. The fraction of sp³-hybridized carbons (Fsp3) is 0.188. The Morgan fingerprint density at radius 3 is 2.65 bits per heavy atom. The quantitative estimate of drug-likeness (QED) is 0.787. The molecular weight excluding hydrogens is 248 g/mol. The first-order valence-electron chi connectivity index (χ1n) is 6.72. The molecule has 0 aliphatic rings. The van der Waals surface area contributed by atoms with E-state index >= 15 is 0 Å². The Morgan fingerprint density at radius 2 is 1.80 bits per heavy atom. The number of aromatic nitrogens is 3. The summed E-state index contributed by atoms with van der Waals surface area (Å²) < 4.78 is 0. The third kappa shape index (κ3) is 2.45. The van der Waals surface area contributed by atoms with Gasteiger partial charge in [0, 0.05) is 17.6 Å². The van der Waals surface area contributed by atoms with Gasteiger partial charge < -0.3 is 5.32 Å². The van der Waals surface area contributed by atoms with Crippen LogP contribution in [0.4, 0.5) is 5.95 Å². The fourth-order valence-electron chi connectivity index (χ4n) is 2.15. The topological polar surface area (TPSA) is 50.7 Å². The van der Waals surface area contributed by atoms with E-state index in [1.807, 2.05) is 44.2 Å². The van der Waals surface area contributed by atoms with E-state index in [1.165, 1.54) is 0 Å². The number of pyridine rings is 1. The van der Waals surface area contributed by atoms with Gasteiger partial charge in [-0.15, -0.1) is 0 Å². The van der Waals surface area contributed by atoms with E-state index in [1.54, 1.807) is 0 Å². The Kier molecular flexibility index (Phi) is 3.29. The van der Waals surface area contributed by atoms with Crippen LogP contribution < -0.4 is 5.32 Å². The standard InChI is InChI=1S/C16H16N4/c1-3-17-16-18-11(2)10-15(20-16)14-9-8-12-6-4-5-7-13(12)19-14/h4-10H,3H2,1-2H3,(H,17,18,20). The zero-order valence-electron chi connectivity index (χ0n) is 11.6. The van der Waals surface area contributed by atoms with Crippen LogP contribution in [0.3, 0.4) is 0 Å². The monoisotopic (exact) mass is 264 g/mol. The predicted octanol–water partition coefficient (Wildman–Crippen LogP) is 3.43. The van der Waals surface area contributed by atoms with Crippen molar-refractivity contribution in [3.63, 3.8) is 0 Å². The molecule has 0 saturated carbocycles. The fourth-order valence-corrected chi connectivity index (χ4v) is 2.15. The van der Waals surface area contributed by atoms with Crippen LogP contribution in [0, 0.1) is 6.92 Å². The van der Waals surface area contributed by atoms with E-state index in [0.717, 1.165) is 34.5 Å². The van der Waals surface area contributed by atoms with Gasteiger partial charge in [-0.05, 0) is 32.0 Å². The number of anilines is 1. The Balaban J connectivity index is 2.10. The van der Waals surface area contributed by atoms with E-state index in [0.29, 0.717) is 5.95 Å². The number of nitrogens with one attached hydrogen (secondary N) is 1. The SMILES string of the molecule is CCNc1nc(C)cc(-c2ccc3ccccc3n2)n1. The molecule has 0 atom stereocenters. The van der Waals surface area contributed by atoms with Crippen molar-refractivity contribution in [2.24, 2.45) is 0 Å². The Hall–Kier alpha value is -2.49. The smallest absolute Gasteiger partial charge is 0.223 e. The van der Waals surface area contributed by atoms with Crippen molar-refractivity contribution in [1.29, 1.82) is 0 Å². The summed E-state index contributed by atoms with van der Waals surface area (Å²) in [6, 6.07) is 14.1. The number of fused-ring (bicyclic) bond motifs is 1. The maximum Gasteiger partial charge on any atom is 0.223 e. The molecule has 0 spiro atoms. The van der Waals surface area contributed by atoms with Gasteiger partial charge in [-0.25, -0.2) is 15.0 Å². The van der Waals surface area contributed by atoms with Gasteiger partial charge in [-0.2, -0.15) is 0 Å². The number of nitrogens with zero attached hydrogens (tertiary/aromatic N) is 3. The Labute approximate surface area is 117 Å². The molecule has 0 aliphatic carbocycles. The van der Waals surface area contributed by atoms with Gasteiger partial charge in [-0.3, -0.25) is 0 Å². The molecule has 4 nitrogen and oxygen atoms in total. The van der Waals surface area contributed by atoms with Crippen molar-refractivity contribution < 1.29 is 0 Å². The molecule has 2 aromatic heterocycles. The number of aryl methyl sites for hydroxylation is 1. The van der Waals surface area contributed by atoms with Crippen LogP contribution in [-0.4, -0.2) is 21.5 Å². The van der Waals surface area contributed by atoms with Gasteiger partial charge in [0.05, 0.1) is 16.9 Å². The number of rotatable bonds is 3. The number of hydrogen-bond donors (Lipinski definition) is 1. The molecule has 20 heavy (non-hydrogen) atoms. The molecule has 0 unspecified atom stereocenters. The summed E-state index contributed by atoms with van der Waals surface area (Å²) >= 11 is 0. The van der Waals surface area contributed by atoms with Crippen LogP contribution in [0.15, 0.2) is 42.5 Å². The average molecular weight is 264 g/mol. The van der Waals surface area contributed by atoms with Crippen molar-refractivity contribution in [2.75, 3.05) is 11.9 Å². The molecule has 1 aromatic carbocycles. The zero-order chi connectivity index (χ0) is 13.9. The predicted molar refractivity (Wildman–Crippen MR) is 81.7 cm³/mol. The first-order valence-corrected chi connectivity index (χ1v) is 6.72. The molecule has 3 aromatic rings. The molecule has 0 aliphatic heterocycles. The minimum Gasteiger partial charge on any atom is -0.354 e. The summed E-state index contributed by atoms with van der Waals surface area (Å²) in [4.78, 5) is 13.5. The first kappa shape index (κ1) is 12.5.